The number of halogens is 1. The highest BCUT2D eigenvalue weighted by molar-refractivity contribution is 6.30. The molecule has 1 aromatic heterocycles. The summed E-state index contributed by atoms with van der Waals surface area (Å²) in [6.45, 7) is 4.92. The maximum absolute atomic E-state index is 12.4. The molecule has 2 N–H and O–H groups in total. The first-order chi connectivity index (χ1) is 10.8. The third-order valence-electron chi connectivity index (χ3n) is 3.88. The van der Waals surface area contributed by atoms with E-state index in [-0.39, 0.29) is 6.42 Å². The van der Waals surface area contributed by atoms with Crippen molar-refractivity contribution < 1.29 is 14.7 Å². The highest BCUT2D eigenvalue weighted by atomic mass is 35.5. The van der Waals surface area contributed by atoms with Crippen LogP contribution in [0, 0.1) is 6.92 Å². The molecule has 2 aromatic rings. The minimum atomic E-state index is -1.32. The van der Waals surface area contributed by atoms with Gasteiger partial charge in [-0.15, -0.1) is 0 Å². The van der Waals surface area contributed by atoms with E-state index in [0.29, 0.717) is 16.3 Å². The van der Waals surface area contributed by atoms with E-state index in [0.717, 1.165) is 5.69 Å². The standard InChI is InChI=1S/C16H18ClN3O3/c1-4-16(3,15(22)23)19-14(21)13-9-18-20(10(13)2)12-7-5-6-11(17)8-12/h5-9H,4H2,1-3H3,(H,19,21)(H,22,23). The van der Waals surface area contributed by atoms with Crippen molar-refractivity contribution in [3.8, 4) is 5.69 Å². The van der Waals surface area contributed by atoms with Crippen molar-refractivity contribution in [3.05, 3.63) is 46.7 Å². The summed E-state index contributed by atoms with van der Waals surface area (Å²) in [4.78, 5) is 23.7. The van der Waals surface area contributed by atoms with Gasteiger partial charge in [0.15, 0.2) is 0 Å². The van der Waals surface area contributed by atoms with E-state index in [1.165, 1.54) is 13.1 Å². The lowest BCUT2D eigenvalue weighted by atomic mass is 9.98. The molecule has 1 amide bonds. The zero-order chi connectivity index (χ0) is 17.2. The average Bonchev–Trinajstić information content (AvgIpc) is 2.88. The Morgan fingerprint density at radius 1 is 1.43 bits per heavy atom. The molecule has 6 nitrogen and oxygen atoms in total. The molecule has 1 aromatic carbocycles. The first kappa shape index (κ1) is 17.0. The Hall–Kier alpha value is -2.34. The first-order valence-electron chi connectivity index (χ1n) is 7.15. The number of carboxylic acids is 1. The Morgan fingerprint density at radius 2 is 2.13 bits per heavy atom. The summed E-state index contributed by atoms with van der Waals surface area (Å²) in [5.41, 5.74) is 0.340. The normalized spacial score (nSPS) is 13.4. The van der Waals surface area contributed by atoms with Crippen LogP contribution in [0.25, 0.3) is 5.69 Å². The van der Waals surface area contributed by atoms with Crippen LogP contribution in [0.4, 0.5) is 0 Å². The van der Waals surface area contributed by atoms with E-state index in [4.69, 9.17) is 11.6 Å². The summed E-state index contributed by atoms with van der Waals surface area (Å²) >= 11 is 5.97. The summed E-state index contributed by atoms with van der Waals surface area (Å²) in [5.74, 6) is -1.55. The first-order valence-corrected chi connectivity index (χ1v) is 7.52. The van der Waals surface area contributed by atoms with Crippen molar-refractivity contribution in [2.45, 2.75) is 32.7 Å². The molecule has 0 saturated carbocycles. The molecule has 23 heavy (non-hydrogen) atoms. The van der Waals surface area contributed by atoms with Crippen molar-refractivity contribution in [1.29, 1.82) is 0 Å². The minimum Gasteiger partial charge on any atom is -0.480 e. The maximum atomic E-state index is 12.4. The molecule has 1 heterocycles. The molecule has 0 bridgehead atoms. The van der Waals surface area contributed by atoms with E-state index < -0.39 is 17.4 Å². The number of benzene rings is 1. The number of carboxylic acid groups (broad SMARTS) is 1. The Bertz CT molecular complexity index is 757. The van der Waals surface area contributed by atoms with Crippen molar-refractivity contribution in [3.63, 3.8) is 0 Å². The van der Waals surface area contributed by atoms with E-state index in [2.05, 4.69) is 10.4 Å². The number of rotatable bonds is 5. The smallest absolute Gasteiger partial charge is 0.329 e. The lowest BCUT2D eigenvalue weighted by molar-refractivity contribution is -0.143. The van der Waals surface area contributed by atoms with Crippen LogP contribution < -0.4 is 5.32 Å². The molecule has 0 fully saturated rings. The summed E-state index contributed by atoms with van der Waals surface area (Å²) in [5, 5.41) is 16.6. The quantitative estimate of drug-likeness (QED) is 0.880. The third kappa shape index (κ3) is 3.37. The van der Waals surface area contributed by atoms with Crippen LogP contribution in [0.2, 0.25) is 5.02 Å². The van der Waals surface area contributed by atoms with Crippen molar-refractivity contribution in [2.75, 3.05) is 0 Å². The van der Waals surface area contributed by atoms with Crippen LogP contribution >= 0.6 is 11.6 Å². The van der Waals surface area contributed by atoms with Crippen LogP contribution in [0.15, 0.2) is 30.5 Å². The van der Waals surface area contributed by atoms with Gasteiger partial charge < -0.3 is 10.4 Å². The zero-order valence-corrected chi connectivity index (χ0v) is 13.9. The number of nitrogens with one attached hydrogen (secondary N) is 1. The van der Waals surface area contributed by atoms with Gasteiger partial charge in [0, 0.05) is 5.02 Å². The minimum absolute atomic E-state index is 0.273. The fraction of sp³-hybridized carbons (Fsp3) is 0.312. The number of hydrogen-bond donors (Lipinski definition) is 2. The fourth-order valence-corrected chi connectivity index (χ4v) is 2.30. The number of carbonyl (C=O) groups excluding carboxylic acids is 1. The highest BCUT2D eigenvalue weighted by Gasteiger charge is 2.33. The number of nitrogens with zero attached hydrogens (tertiary/aromatic N) is 2. The molecule has 1 unspecified atom stereocenters. The number of amides is 1. The van der Waals surface area contributed by atoms with Crippen molar-refractivity contribution in [1.82, 2.24) is 15.1 Å². The van der Waals surface area contributed by atoms with Crippen LogP contribution in [0.3, 0.4) is 0 Å². The van der Waals surface area contributed by atoms with Gasteiger partial charge in [-0.25, -0.2) is 9.48 Å². The number of aliphatic carboxylic acids is 1. The molecule has 0 radical (unpaired) electrons. The predicted molar refractivity (Wildman–Crippen MR) is 87.1 cm³/mol. The van der Waals surface area contributed by atoms with Gasteiger partial charge in [0.2, 0.25) is 0 Å². The molecule has 7 heteroatoms. The summed E-state index contributed by atoms with van der Waals surface area (Å²) in [6.07, 6.45) is 1.69. The molecular formula is C16H18ClN3O3. The monoisotopic (exact) mass is 335 g/mol. The van der Waals surface area contributed by atoms with Gasteiger partial charge in [-0.05, 0) is 38.5 Å². The largest absolute Gasteiger partial charge is 0.480 e. The maximum Gasteiger partial charge on any atom is 0.329 e. The molecule has 0 aliphatic heterocycles. The second kappa shape index (κ2) is 6.42. The molecular weight excluding hydrogens is 318 g/mol. The molecule has 0 saturated heterocycles. The average molecular weight is 336 g/mol. The topological polar surface area (TPSA) is 84.2 Å². The molecule has 1 atom stereocenters. The Morgan fingerprint density at radius 3 is 2.70 bits per heavy atom. The van der Waals surface area contributed by atoms with Crippen molar-refractivity contribution in [2.24, 2.45) is 0 Å². The van der Waals surface area contributed by atoms with Gasteiger partial charge in [0.1, 0.15) is 5.54 Å². The number of hydrogen-bond acceptors (Lipinski definition) is 3. The molecule has 0 spiro atoms. The second-order valence-corrected chi connectivity index (χ2v) is 5.92. The predicted octanol–water partition coefficient (Wildman–Crippen LogP) is 2.82. The lowest BCUT2D eigenvalue weighted by Crippen LogP contribution is -2.51. The molecule has 2 rings (SSSR count). The van der Waals surface area contributed by atoms with Crippen LogP contribution in [0.5, 0.6) is 0 Å². The fourth-order valence-electron chi connectivity index (χ4n) is 2.11. The van der Waals surface area contributed by atoms with Gasteiger partial charge in [0.25, 0.3) is 5.91 Å². The van der Waals surface area contributed by atoms with E-state index in [9.17, 15) is 14.7 Å². The van der Waals surface area contributed by atoms with Gasteiger partial charge in [0.05, 0.1) is 23.1 Å². The Balaban J connectivity index is 2.32. The summed E-state index contributed by atoms with van der Waals surface area (Å²) < 4.78 is 1.59. The lowest BCUT2D eigenvalue weighted by Gasteiger charge is -2.24. The summed E-state index contributed by atoms with van der Waals surface area (Å²) in [6, 6.07) is 7.09. The Kier molecular flexibility index (Phi) is 4.75. The van der Waals surface area contributed by atoms with Gasteiger partial charge in [-0.3, -0.25) is 4.79 Å². The van der Waals surface area contributed by atoms with Gasteiger partial charge in [-0.2, -0.15) is 5.10 Å². The summed E-state index contributed by atoms with van der Waals surface area (Å²) in [7, 11) is 0. The third-order valence-corrected chi connectivity index (χ3v) is 4.11. The SMILES string of the molecule is CCC(C)(NC(=O)c1cnn(-c2cccc(Cl)c2)c1C)C(=O)O. The zero-order valence-electron chi connectivity index (χ0n) is 13.1. The second-order valence-electron chi connectivity index (χ2n) is 5.48. The molecule has 0 aliphatic carbocycles. The van der Waals surface area contributed by atoms with Crippen LogP contribution in [-0.2, 0) is 4.79 Å². The van der Waals surface area contributed by atoms with Crippen molar-refractivity contribution >= 4 is 23.5 Å². The molecule has 0 aliphatic rings. The van der Waals surface area contributed by atoms with Gasteiger partial charge in [-0.1, -0.05) is 24.6 Å². The van der Waals surface area contributed by atoms with Crippen LogP contribution in [0.1, 0.15) is 36.3 Å². The number of carbonyl (C=O) groups is 2. The van der Waals surface area contributed by atoms with E-state index >= 15 is 0 Å². The van der Waals surface area contributed by atoms with Gasteiger partial charge >= 0.3 is 5.97 Å². The Labute approximate surface area is 139 Å². The van der Waals surface area contributed by atoms with Crippen LogP contribution in [-0.4, -0.2) is 32.3 Å². The van der Waals surface area contributed by atoms with E-state index in [1.54, 1.807) is 36.7 Å². The molecule has 122 valence electrons. The number of aromatic nitrogens is 2. The van der Waals surface area contributed by atoms with E-state index in [1.807, 2.05) is 6.07 Å². The highest BCUT2D eigenvalue weighted by Crippen LogP contribution is 2.19.